The van der Waals surface area contributed by atoms with Crippen molar-refractivity contribution in [3.8, 4) is 0 Å². The maximum atomic E-state index is 12.3. The van der Waals surface area contributed by atoms with Gasteiger partial charge in [0.2, 0.25) is 11.8 Å². The second kappa shape index (κ2) is 9.47. The molecule has 2 N–H and O–H groups in total. The van der Waals surface area contributed by atoms with Crippen LogP contribution in [0.2, 0.25) is 0 Å². The minimum Gasteiger partial charge on any atom is -0.467 e. The molecule has 0 spiro atoms. The molecule has 0 aliphatic carbocycles. The summed E-state index contributed by atoms with van der Waals surface area (Å²) >= 11 is 0. The molecule has 0 bridgehead atoms. The molecule has 1 aliphatic rings. The number of hydrogen-bond donors (Lipinski definition) is 2. The Kier molecular flexibility index (Phi) is 7.31. The summed E-state index contributed by atoms with van der Waals surface area (Å²) in [5, 5.41) is 5.94. The molecule has 1 fully saturated rings. The van der Waals surface area contributed by atoms with E-state index >= 15 is 0 Å². The molecule has 2 amide bonds. The van der Waals surface area contributed by atoms with Crippen molar-refractivity contribution in [1.29, 1.82) is 0 Å². The van der Waals surface area contributed by atoms with E-state index in [0.717, 1.165) is 38.0 Å². The van der Waals surface area contributed by atoms with E-state index < -0.39 is 0 Å². The Morgan fingerprint density at radius 3 is 3.00 bits per heavy atom. The van der Waals surface area contributed by atoms with Crippen LogP contribution < -0.4 is 10.6 Å². The lowest BCUT2D eigenvalue weighted by atomic mass is 9.96. The van der Waals surface area contributed by atoms with Crippen LogP contribution in [0.4, 0.5) is 0 Å². The fourth-order valence-corrected chi connectivity index (χ4v) is 3.14. The molecule has 0 aromatic carbocycles. The molecule has 134 valence electrons. The second-order valence-corrected chi connectivity index (χ2v) is 6.63. The lowest BCUT2D eigenvalue weighted by Crippen LogP contribution is -2.47. The molecule has 1 saturated heterocycles. The summed E-state index contributed by atoms with van der Waals surface area (Å²) in [6.07, 6.45) is 5.50. The zero-order chi connectivity index (χ0) is 17.4. The number of likely N-dealkylation sites (tertiary alicyclic amines) is 1. The molecule has 24 heavy (non-hydrogen) atoms. The highest BCUT2D eigenvalue weighted by molar-refractivity contribution is 5.80. The van der Waals surface area contributed by atoms with Crippen LogP contribution in [0.1, 0.15) is 45.3 Å². The van der Waals surface area contributed by atoms with Crippen molar-refractivity contribution in [3.63, 3.8) is 0 Å². The van der Waals surface area contributed by atoms with Gasteiger partial charge in [-0.1, -0.05) is 13.3 Å². The van der Waals surface area contributed by atoms with Crippen molar-refractivity contribution in [2.24, 2.45) is 5.92 Å². The monoisotopic (exact) mass is 335 g/mol. The third-order valence-corrected chi connectivity index (χ3v) is 4.39. The highest BCUT2D eigenvalue weighted by atomic mass is 16.3. The van der Waals surface area contributed by atoms with Crippen LogP contribution >= 0.6 is 0 Å². The number of carbonyl (C=O) groups is 2. The highest BCUT2D eigenvalue weighted by Crippen LogP contribution is 2.17. The van der Waals surface area contributed by atoms with E-state index in [1.165, 1.54) is 0 Å². The van der Waals surface area contributed by atoms with Crippen LogP contribution in [-0.4, -0.2) is 42.4 Å². The van der Waals surface area contributed by atoms with Gasteiger partial charge in [-0.15, -0.1) is 0 Å². The number of hydrogen-bond acceptors (Lipinski definition) is 4. The van der Waals surface area contributed by atoms with Crippen molar-refractivity contribution in [2.45, 2.75) is 52.1 Å². The molecule has 6 heteroatoms. The smallest absolute Gasteiger partial charge is 0.234 e. The largest absolute Gasteiger partial charge is 0.467 e. The lowest BCUT2D eigenvalue weighted by Gasteiger charge is -2.32. The molecular weight excluding hydrogens is 306 g/mol. The maximum absolute atomic E-state index is 12.3. The Bertz CT molecular complexity index is 516. The Hall–Kier alpha value is -1.82. The average molecular weight is 335 g/mol. The SMILES string of the molecule is CCC[C@@H](C)NC(=O)[C@H]1CCCN(CC(=O)NCc2ccco2)C1. The molecule has 2 atom stereocenters. The van der Waals surface area contributed by atoms with Crippen molar-refractivity contribution in [1.82, 2.24) is 15.5 Å². The van der Waals surface area contributed by atoms with E-state index in [1.54, 1.807) is 12.3 Å². The molecule has 1 aromatic rings. The normalized spacial score (nSPS) is 19.7. The van der Waals surface area contributed by atoms with E-state index in [-0.39, 0.29) is 23.8 Å². The van der Waals surface area contributed by atoms with Crippen LogP contribution in [0.15, 0.2) is 22.8 Å². The number of rotatable bonds is 8. The first-order valence-corrected chi connectivity index (χ1v) is 8.90. The highest BCUT2D eigenvalue weighted by Gasteiger charge is 2.27. The Morgan fingerprint density at radius 2 is 2.29 bits per heavy atom. The topological polar surface area (TPSA) is 74.6 Å². The number of nitrogens with zero attached hydrogens (tertiary/aromatic N) is 1. The molecule has 0 saturated carbocycles. The molecular formula is C18H29N3O3. The molecule has 0 unspecified atom stereocenters. The van der Waals surface area contributed by atoms with Gasteiger partial charge in [0.25, 0.3) is 0 Å². The van der Waals surface area contributed by atoms with Crippen LogP contribution in [0.3, 0.4) is 0 Å². The lowest BCUT2D eigenvalue weighted by molar-refractivity contribution is -0.129. The fourth-order valence-electron chi connectivity index (χ4n) is 3.14. The number of carbonyl (C=O) groups excluding carboxylic acids is 2. The first-order valence-electron chi connectivity index (χ1n) is 8.90. The van der Waals surface area contributed by atoms with Gasteiger partial charge in [-0.25, -0.2) is 0 Å². The third-order valence-electron chi connectivity index (χ3n) is 4.39. The third kappa shape index (κ3) is 6.00. The van der Waals surface area contributed by atoms with Gasteiger partial charge in [-0.05, 0) is 44.9 Å². The maximum Gasteiger partial charge on any atom is 0.234 e. The van der Waals surface area contributed by atoms with Crippen molar-refractivity contribution >= 4 is 11.8 Å². The summed E-state index contributed by atoms with van der Waals surface area (Å²) < 4.78 is 5.20. The van der Waals surface area contributed by atoms with E-state index in [9.17, 15) is 9.59 Å². The van der Waals surface area contributed by atoms with Gasteiger partial charge in [0, 0.05) is 12.6 Å². The average Bonchev–Trinajstić information content (AvgIpc) is 3.07. The van der Waals surface area contributed by atoms with Gasteiger partial charge in [-0.2, -0.15) is 0 Å². The summed E-state index contributed by atoms with van der Waals surface area (Å²) in [5.41, 5.74) is 0. The Labute approximate surface area is 144 Å². The second-order valence-electron chi connectivity index (χ2n) is 6.63. The van der Waals surface area contributed by atoms with Crippen LogP contribution in [0.25, 0.3) is 0 Å². The summed E-state index contributed by atoms with van der Waals surface area (Å²) in [7, 11) is 0. The molecule has 1 aromatic heterocycles. The summed E-state index contributed by atoms with van der Waals surface area (Å²) in [5.74, 6) is 0.809. The summed E-state index contributed by atoms with van der Waals surface area (Å²) in [6.45, 7) is 6.41. The number of nitrogens with one attached hydrogen (secondary N) is 2. The molecule has 2 heterocycles. The van der Waals surface area contributed by atoms with E-state index in [1.807, 2.05) is 13.0 Å². The van der Waals surface area contributed by atoms with E-state index in [4.69, 9.17) is 4.42 Å². The van der Waals surface area contributed by atoms with Gasteiger partial charge >= 0.3 is 0 Å². The number of piperidine rings is 1. The molecule has 0 radical (unpaired) electrons. The van der Waals surface area contributed by atoms with Crippen molar-refractivity contribution in [3.05, 3.63) is 24.2 Å². The first kappa shape index (κ1) is 18.5. The van der Waals surface area contributed by atoms with Crippen molar-refractivity contribution in [2.75, 3.05) is 19.6 Å². The van der Waals surface area contributed by atoms with Gasteiger partial charge in [0.1, 0.15) is 5.76 Å². The molecule has 2 rings (SSSR count). The number of amides is 2. The van der Waals surface area contributed by atoms with Crippen LogP contribution in [0, 0.1) is 5.92 Å². The predicted octanol–water partition coefficient (Wildman–Crippen LogP) is 1.91. The van der Waals surface area contributed by atoms with Crippen molar-refractivity contribution < 1.29 is 14.0 Å². The van der Waals surface area contributed by atoms with Gasteiger partial charge in [0.05, 0.1) is 25.3 Å². The standard InChI is InChI=1S/C18H29N3O3/c1-3-6-14(2)20-18(23)15-7-4-9-21(12-15)13-17(22)19-11-16-8-5-10-24-16/h5,8,10,14-15H,3-4,6-7,9,11-13H2,1-2H3,(H,19,22)(H,20,23)/t14-,15+/m1/s1. The Balaban J connectivity index is 1.73. The van der Waals surface area contributed by atoms with Gasteiger partial charge in [0.15, 0.2) is 0 Å². The summed E-state index contributed by atoms with van der Waals surface area (Å²) in [4.78, 5) is 26.5. The van der Waals surface area contributed by atoms with Gasteiger partial charge < -0.3 is 15.1 Å². The predicted molar refractivity (Wildman–Crippen MR) is 92.2 cm³/mol. The molecule has 6 nitrogen and oxygen atoms in total. The van der Waals surface area contributed by atoms with Gasteiger partial charge in [-0.3, -0.25) is 14.5 Å². The van der Waals surface area contributed by atoms with E-state index in [2.05, 4.69) is 22.5 Å². The minimum absolute atomic E-state index is 0.0177. The summed E-state index contributed by atoms with van der Waals surface area (Å²) in [6, 6.07) is 3.85. The fraction of sp³-hybridized carbons (Fsp3) is 0.667. The molecule has 1 aliphatic heterocycles. The van der Waals surface area contributed by atoms with Crippen LogP contribution in [-0.2, 0) is 16.1 Å². The number of furan rings is 1. The first-order chi connectivity index (χ1) is 11.6. The van der Waals surface area contributed by atoms with E-state index in [0.29, 0.717) is 19.6 Å². The van der Waals surface area contributed by atoms with Crippen LogP contribution in [0.5, 0.6) is 0 Å². The zero-order valence-corrected chi connectivity index (χ0v) is 14.7. The quantitative estimate of drug-likeness (QED) is 0.761. The zero-order valence-electron chi connectivity index (χ0n) is 14.7. The Morgan fingerprint density at radius 1 is 1.46 bits per heavy atom. The minimum atomic E-state index is -0.0354.